The quantitative estimate of drug-likeness (QED) is 0.739. The second-order valence-corrected chi connectivity index (χ2v) is 5.72. The van der Waals surface area contributed by atoms with Crippen molar-refractivity contribution in [1.82, 2.24) is 14.1 Å². The van der Waals surface area contributed by atoms with Crippen molar-refractivity contribution < 1.29 is 4.79 Å². The monoisotopic (exact) mass is 322 g/mol. The van der Waals surface area contributed by atoms with Gasteiger partial charge in [-0.25, -0.2) is 4.98 Å². The molecular weight excluding hydrogens is 304 g/mol. The van der Waals surface area contributed by atoms with E-state index in [1.165, 1.54) is 15.3 Å². The minimum Gasteiger partial charge on any atom is -0.296 e. The second kappa shape index (κ2) is 6.62. The summed E-state index contributed by atoms with van der Waals surface area (Å²) in [5.41, 5.74) is 1.58. The number of hydrogen-bond acceptors (Lipinski definition) is 4. The number of rotatable bonds is 3. The third-order valence-corrected chi connectivity index (χ3v) is 3.54. The number of fused-ring (bicyclic) bond motifs is 1. The van der Waals surface area contributed by atoms with Crippen molar-refractivity contribution in [2.24, 2.45) is 4.99 Å². The number of aromatic nitrogens is 3. The summed E-state index contributed by atoms with van der Waals surface area (Å²) in [6.45, 7) is 3.82. The fraction of sp³-hybridized carbons (Fsp3) is 0.222. The van der Waals surface area contributed by atoms with Crippen LogP contribution in [0.4, 0.5) is 0 Å². The molecule has 0 amide bonds. The van der Waals surface area contributed by atoms with Gasteiger partial charge in [-0.05, 0) is 38.1 Å². The average molecular weight is 322 g/mol. The molecule has 24 heavy (non-hydrogen) atoms. The van der Waals surface area contributed by atoms with E-state index in [1.807, 2.05) is 38.1 Å². The van der Waals surface area contributed by atoms with Crippen molar-refractivity contribution in [3.63, 3.8) is 0 Å². The highest BCUT2D eigenvalue weighted by Gasteiger charge is 2.11. The van der Waals surface area contributed by atoms with Gasteiger partial charge in [0, 0.05) is 12.2 Å². The van der Waals surface area contributed by atoms with Gasteiger partial charge in [-0.2, -0.15) is 0 Å². The van der Waals surface area contributed by atoms with Gasteiger partial charge in [0.1, 0.15) is 12.0 Å². The van der Waals surface area contributed by atoms with Crippen LogP contribution in [0.1, 0.15) is 18.6 Å². The summed E-state index contributed by atoms with van der Waals surface area (Å²) >= 11 is 0. The van der Waals surface area contributed by atoms with Crippen molar-refractivity contribution in [3.05, 3.63) is 70.7 Å². The van der Waals surface area contributed by atoms with Gasteiger partial charge >= 0.3 is 0 Å². The Morgan fingerprint density at radius 2 is 1.92 bits per heavy atom. The molecule has 0 fully saturated rings. The van der Waals surface area contributed by atoms with Gasteiger partial charge in [0.2, 0.25) is 0 Å². The number of hydrogen-bond donors (Lipinski definition) is 0. The largest absolute Gasteiger partial charge is 0.296 e. The lowest BCUT2D eigenvalue weighted by Crippen LogP contribution is -2.33. The second-order valence-electron chi connectivity index (χ2n) is 5.72. The zero-order valence-corrected chi connectivity index (χ0v) is 13.6. The Kier molecular flexibility index (Phi) is 4.37. The van der Waals surface area contributed by atoms with Crippen molar-refractivity contribution in [3.8, 4) is 0 Å². The molecule has 1 aromatic carbocycles. The molecule has 0 saturated heterocycles. The molecule has 0 saturated carbocycles. The van der Waals surface area contributed by atoms with Crippen LogP contribution in [0.2, 0.25) is 0 Å². The van der Waals surface area contributed by atoms with E-state index < -0.39 is 0 Å². The van der Waals surface area contributed by atoms with Crippen LogP contribution in [0, 0.1) is 0 Å². The summed E-state index contributed by atoms with van der Waals surface area (Å²) in [5, 5.41) is 0. The van der Waals surface area contributed by atoms with E-state index >= 15 is 0 Å². The Morgan fingerprint density at radius 1 is 1.17 bits per heavy atom. The molecule has 2 aromatic heterocycles. The van der Waals surface area contributed by atoms with E-state index in [2.05, 4.69) is 9.98 Å². The third-order valence-electron chi connectivity index (χ3n) is 3.54. The first-order valence-corrected chi connectivity index (χ1v) is 7.75. The molecule has 0 bridgehead atoms. The van der Waals surface area contributed by atoms with Crippen LogP contribution >= 0.6 is 0 Å². The first kappa shape index (κ1) is 15.9. The molecule has 0 aliphatic heterocycles. The smallest absolute Gasteiger partial charge is 0.269 e. The van der Waals surface area contributed by atoms with Crippen LogP contribution in [0.5, 0.6) is 0 Å². The normalized spacial score (nSPS) is 12.0. The van der Waals surface area contributed by atoms with Crippen LogP contribution in [0.3, 0.4) is 0 Å². The number of pyridine rings is 1. The maximum absolute atomic E-state index is 12.7. The highest BCUT2D eigenvalue weighted by Crippen LogP contribution is 2.08. The predicted molar refractivity (Wildman–Crippen MR) is 91.8 cm³/mol. The van der Waals surface area contributed by atoms with Crippen LogP contribution < -0.4 is 11.0 Å². The van der Waals surface area contributed by atoms with Crippen molar-refractivity contribution in [2.45, 2.75) is 26.4 Å². The molecule has 0 aliphatic rings. The number of carbonyl (C=O) groups excluding carboxylic acids is 1. The fourth-order valence-corrected chi connectivity index (χ4v) is 2.50. The molecule has 6 heteroatoms. The Labute approximate surface area is 138 Å². The molecule has 2 heterocycles. The lowest BCUT2D eigenvalue weighted by Gasteiger charge is -2.11. The van der Waals surface area contributed by atoms with Gasteiger partial charge in [-0.15, -0.1) is 0 Å². The molecule has 0 unspecified atom stereocenters. The van der Waals surface area contributed by atoms with E-state index in [4.69, 9.17) is 0 Å². The maximum Gasteiger partial charge on any atom is 0.269 e. The van der Waals surface area contributed by atoms with E-state index in [0.29, 0.717) is 16.5 Å². The summed E-state index contributed by atoms with van der Waals surface area (Å²) in [5.74, 6) is -0.228. The summed E-state index contributed by atoms with van der Waals surface area (Å²) in [4.78, 5) is 33.5. The van der Waals surface area contributed by atoms with Crippen molar-refractivity contribution in [2.75, 3.05) is 0 Å². The highest BCUT2D eigenvalue weighted by molar-refractivity contribution is 5.81. The summed E-state index contributed by atoms with van der Waals surface area (Å²) < 4.78 is 2.91. The van der Waals surface area contributed by atoms with E-state index in [1.54, 1.807) is 24.4 Å². The van der Waals surface area contributed by atoms with Gasteiger partial charge < -0.3 is 0 Å². The molecule has 0 aliphatic carbocycles. The Hall–Kier alpha value is -3.02. The van der Waals surface area contributed by atoms with Crippen molar-refractivity contribution >= 4 is 16.9 Å². The Morgan fingerprint density at radius 3 is 2.71 bits per heavy atom. The lowest BCUT2D eigenvalue weighted by molar-refractivity contribution is 0.0885. The van der Waals surface area contributed by atoms with Gasteiger partial charge in [-0.1, -0.05) is 18.2 Å². The molecule has 122 valence electrons. The summed E-state index contributed by atoms with van der Waals surface area (Å²) in [6.07, 6.45) is 2.91. The summed E-state index contributed by atoms with van der Waals surface area (Å²) in [7, 11) is 0. The zero-order valence-electron chi connectivity index (χ0n) is 13.6. The number of benzene rings is 1. The number of carbonyl (C=O) groups is 1. The average Bonchev–Trinajstić information content (AvgIpc) is 2.57. The van der Waals surface area contributed by atoms with E-state index in [-0.39, 0.29) is 24.1 Å². The van der Waals surface area contributed by atoms with E-state index in [9.17, 15) is 9.59 Å². The van der Waals surface area contributed by atoms with E-state index in [0.717, 1.165) is 0 Å². The SMILES string of the molecule is CC(C)N=c1ccccn1C(=O)Cn1c(=O)cnc2ccccc21. The topological polar surface area (TPSA) is 69.2 Å². The van der Waals surface area contributed by atoms with Gasteiger partial charge in [0.25, 0.3) is 11.5 Å². The van der Waals surface area contributed by atoms with Crippen LogP contribution in [-0.4, -0.2) is 26.1 Å². The Bertz CT molecular complexity index is 1010. The Balaban J connectivity index is 2.06. The minimum absolute atomic E-state index is 0.0657. The minimum atomic E-state index is -0.305. The fourth-order valence-electron chi connectivity index (χ4n) is 2.50. The van der Waals surface area contributed by atoms with Crippen LogP contribution in [0.25, 0.3) is 11.0 Å². The number of nitrogens with zero attached hydrogens (tertiary/aromatic N) is 4. The first-order chi connectivity index (χ1) is 11.6. The molecule has 3 aromatic rings. The molecule has 0 spiro atoms. The third kappa shape index (κ3) is 3.17. The van der Waals surface area contributed by atoms with Gasteiger partial charge in [-0.3, -0.25) is 23.7 Å². The van der Waals surface area contributed by atoms with Crippen LogP contribution in [0.15, 0.2) is 64.6 Å². The van der Waals surface area contributed by atoms with Gasteiger partial charge in [0.15, 0.2) is 0 Å². The first-order valence-electron chi connectivity index (χ1n) is 7.75. The van der Waals surface area contributed by atoms with Crippen molar-refractivity contribution in [1.29, 1.82) is 0 Å². The zero-order chi connectivity index (χ0) is 17.1. The van der Waals surface area contributed by atoms with Gasteiger partial charge in [0.05, 0.1) is 17.2 Å². The summed E-state index contributed by atoms with van der Waals surface area (Å²) in [6, 6.07) is 12.7. The molecular formula is C18H18N4O2. The molecule has 0 radical (unpaired) electrons. The molecule has 6 nitrogen and oxygen atoms in total. The standard InChI is InChI=1S/C18H18N4O2/c1-13(2)20-16-9-5-6-10-21(16)18(24)12-22-15-8-4-3-7-14(15)19-11-17(22)23/h3-11,13H,12H2,1-2H3. The molecule has 3 rings (SSSR count). The predicted octanol–water partition coefficient (Wildman–Crippen LogP) is 1.85. The molecule has 0 atom stereocenters. The molecule has 0 N–H and O–H groups in total. The lowest BCUT2D eigenvalue weighted by atomic mass is 10.3. The number of para-hydroxylation sites is 2. The van der Waals surface area contributed by atoms with Crippen LogP contribution in [-0.2, 0) is 6.54 Å². The highest BCUT2D eigenvalue weighted by atomic mass is 16.2. The maximum atomic E-state index is 12.7.